The van der Waals surface area contributed by atoms with Crippen molar-refractivity contribution in [2.24, 2.45) is 0 Å². The molecule has 1 fully saturated rings. The van der Waals surface area contributed by atoms with Gasteiger partial charge in [0.1, 0.15) is 29.5 Å². The lowest BCUT2D eigenvalue weighted by atomic mass is 9.90. The van der Waals surface area contributed by atoms with Gasteiger partial charge >= 0.3 is 5.97 Å². The van der Waals surface area contributed by atoms with Crippen LogP contribution in [0.3, 0.4) is 0 Å². The molecule has 0 amide bonds. The molecular weight excluding hydrogens is 468 g/mol. The average Bonchev–Trinajstić information content (AvgIpc) is 3.59. The lowest BCUT2D eigenvalue weighted by molar-refractivity contribution is -0.141. The molecule has 1 atom stereocenters. The minimum atomic E-state index is -0.250. The monoisotopic (exact) mass is 502 g/mol. The summed E-state index contributed by atoms with van der Waals surface area (Å²) in [7, 11) is 3.05. The Labute approximate surface area is 218 Å². The zero-order valence-corrected chi connectivity index (χ0v) is 22.2. The molecule has 2 aliphatic rings. The molecule has 1 aliphatic heterocycles. The maximum absolute atomic E-state index is 12.0. The average molecular weight is 503 g/mol. The highest BCUT2D eigenvalue weighted by Crippen LogP contribution is 2.59. The predicted octanol–water partition coefficient (Wildman–Crippen LogP) is 6.41. The third-order valence-corrected chi connectivity index (χ3v) is 7.61. The van der Waals surface area contributed by atoms with Crippen molar-refractivity contribution in [3.05, 3.63) is 76.3 Å². The summed E-state index contributed by atoms with van der Waals surface area (Å²) in [5.41, 5.74) is 7.83. The molecule has 5 rings (SSSR count). The van der Waals surface area contributed by atoms with Crippen LogP contribution in [-0.4, -0.2) is 32.6 Å². The van der Waals surface area contributed by atoms with Gasteiger partial charge in [0, 0.05) is 24.7 Å². The van der Waals surface area contributed by atoms with Crippen LogP contribution in [0, 0.1) is 20.8 Å². The van der Waals surface area contributed by atoms with Gasteiger partial charge in [-0.3, -0.25) is 4.79 Å². The molecule has 3 aromatic carbocycles. The first-order valence-electron chi connectivity index (χ1n) is 12.7. The van der Waals surface area contributed by atoms with Crippen LogP contribution < -0.4 is 14.2 Å². The SMILES string of the molecule is COCOc1cc(C)c(-c2cccc(COc3ccc4c(c3)OC3(CC3)C4CC(=O)OC)c2C)c(C)c1. The molecule has 0 saturated heterocycles. The first-order valence-corrected chi connectivity index (χ1v) is 12.7. The Kier molecular flexibility index (Phi) is 6.86. The molecule has 1 unspecified atom stereocenters. The fourth-order valence-corrected chi connectivity index (χ4v) is 5.50. The van der Waals surface area contributed by atoms with Gasteiger partial charge in [-0.15, -0.1) is 0 Å². The Hall–Kier alpha value is -3.51. The fraction of sp³-hybridized carbons (Fsp3) is 0.387. The maximum atomic E-state index is 12.0. The summed E-state index contributed by atoms with van der Waals surface area (Å²) in [5.74, 6) is 2.21. The summed E-state index contributed by atoms with van der Waals surface area (Å²) in [6.07, 6.45) is 2.27. The zero-order chi connectivity index (χ0) is 26.2. The van der Waals surface area contributed by atoms with Gasteiger partial charge in [0.15, 0.2) is 6.79 Å². The molecule has 0 N–H and O–H groups in total. The number of aryl methyl sites for hydroxylation is 2. The van der Waals surface area contributed by atoms with E-state index in [-0.39, 0.29) is 24.3 Å². The highest BCUT2D eigenvalue weighted by Gasteiger charge is 2.58. The third-order valence-electron chi connectivity index (χ3n) is 7.61. The Morgan fingerprint density at radius 2 is 1.73 bits per heavy atom. The van der Waals surface area contributed by atoms with Gasteiger partial charge in [0.25, 0.3) is 0 Å². The summed E-state index contributed by atoms with van der Waals surface area (Å²) >= 11 is 0. The van der Waals surface area contributed by atoms with Gasteiger partial charge in [-0.25, -0.2) is 0 Å². The number of esters is 1. The number of carbonyl (C=O) groups excluding carboxylic acids is 1. The third kappa shape index (κ3) is 4.90. The molecule has 194 valence electrons. The van der Waals surface area contributed by atoms with Crippen LogP contribution in [-0.2, 0) is 20.9 Å². The van der Waals surface area contributed by atoms with Crippen LogP contribution in [0.15, 0.2) is 48.5 Å². The van der Waals surface area contributed by atoms with E-state index in [1.807, 2.05) is 18.2 Å². The summed E-state index contributed by atoms with van der Waals surface area (Å²) in [5, 5.41) is 0. The first-order chi connectivity index (χ1) is 17.8. The number of methoxy groups -OCH3 is 2. The normalized spacial score (nSPS) is 16.7. The molecule has 3 aromatic rings. The van der Waals surface area contributed by atoms with E-state index >= 15 is 0 Å². The lowest BCUT2D eigenvalue weighted by Crippen LogP contribution is -2.23. The molecule has 1 spiro atoms. The summed E-state index contributed by atoms with van der Waals surface area (Å²) in [6, 6.07) is 16.4. The second kappa shape index (κ2) is 10.1. The number of hydrogen-bond donors (Lipinski definition) is 0. The maximum Gasteiger partial charge on any atom is 0.306 e. The van der Waals surface area contributed by atoms with E-state index in [2.05, 4.69) is 51.1 Å². The molecule has 0 aromatic heterocycles. The Balaban J connectivity index is 1.34. The van der Waals surface area contributed by atoms with Crippen molar-refractivity contribution < 1.29 is 28.5 Å². The molecule has 1 saturated carbocycles. The highest BCUT2D eigenvalue weighted by molar-refractivity contribution is 5.75. The quantitative estimate of drug-likeness (QED) is 0.249. The summed E-state index contributed by atoms with van der Waals surface area (Å²) in [4.78, 5) is 12.0. The van der Waals surface area contributed by atoms with E-state index in [4.69, 9.17) is 23.7 Å². The van der Waals surface area contributed by atoms with Crippen molar-refractivity contribution in [2.75, 3.05) is 21.0 Å². The largest absolute Gasteiger partial charge is 0.489 e. The first kappa shape index (κ1) is 25.2. The van der Waals surface area contributed by atoms with Crippen molar-refractivity contribution in [1.29, 1.82) is 0 Å². The van der Waals surface area contributed by atoms with Crippen LogP contribution in [0.5, 0.6) is 17.2 Å². The molecule has 1 aliphatic carbocycles. The lowest BCUT2D eigenvalue weighted by Gasteiger charge is -2.18. The smallest absolute Gasteiger partial charge is 0.306 e. The minimum Gasteiger partial charge on any atom is -0.489 e. The number of benzene rings is 3. The second-order valence-electron chi connectivity index (χ2n) is 10.1. The van der Waals surface area contributed by atoms with Gasteiger partial charge in [0.2, 0.25) is 0 Å². The topological polar surface area (TPSA) is 63.2 Å². The van der Waals surface area contributed by atoms with E-state index in [0.717, 1.165) is 52.3 Å². The van der Waals surface area contributed by atoms with E-state index in [9.17, 15) is 4.79 Å². The van der Waals surface area contributed by atoms with Gasteiger partial charge in [0.05, 0.1) is 13.5 Å². The number of carbonyl (C=O) groups is 1. The molecule has 37 heavy (non-hydrogen) atoms. The molecular formula is C31H34O6. The van der Waals surface area contributed by atoms with Gasteiger partial charge in [-0.05, 0) is 85.2 Å². The van der Waals surface area contributed by atoms with E-state index < -0.39 is 0 Å². The van der Waals surface area contributed by atoms with Crippen LogP contribution in [0.25, 0.3) is 11.1 Å². The standard InChI is InChI=1S/C31H34O6/c1-19-13-24(36-18-33-4)14-20(2)30(19)25-8-6-7-22(21(25)3)17-35-23-9-10-26-27(16-29(32)34-5)31(11-12-31)37-28(26)15-23/h6-10,13-15,27H,11-12,16-18H2,1-5H3. The van der Waals surface area contributed by atoms with Crippen molar-refractivity contribution >= 4 is 5.97 Å². The van der Waals surface area contributed by atoms with Crippen molar-refractivity contribution in [3.63, 3.8) is 0 Å². The molecule has 6 nitrogen and oxygen atoms in total. The molecule has 6 heteroatoms. The van der Waals surface area contributed by atoms with E-state index in [1.165, 1.54) is 23.8 Å². The number of rotatable bonds is 9. The molecule has 0 radical (unpaired) electrons. The van der Waals surface area contributed by atoms with Crippen LogP contribution >= 0.6 is 0 Å². The predicted molar refractivity (Wildman–Crippen MR) is 141 cm³/mol. The fourth-order valence-electron chi connectivity index (χ4n) is 5.50. The van der Waals surface area contributed by atoms with E-state index in [0.29, 0.717) is 13.0 Å². The van der Waals surface area contributed by atoms with Crippen LogP contribution in [0.1, 0.15) is 53.0 Å². The van der Waals surface area contributed by atoms with E-state index in [1.54, 1.807) is 7.11 Å². The highest BCUT2D eigenvalue weighted by atomic mass is 16.7. The Morgan fingerprint density at radius 1 is 0.973 bits per heavy atom. The molecule has 0 bridgehead atoms. The Morgan fingerprint density at radius 3 is 2.41 bits per heavy atom. The summed E-state index contributed by atoms with van der Waals surface area (Å²) < 4.78 is 28.2. The van der Waals surface area contributed by atoms with Crippen molar-refractivity contribution in [2.45, 2.75) is 58.2 Å². The van der Waals surface area contributed by atoms with Gasteiger partial charge in [-0.1, -0.05) is 24.3 Å². The van der Waals surface area contributed by atoms with Crippen LogP contribution in [0.4, 0.5) is 0 Å². The van der Waals surface area contributed by atoms with Gasteiger partial charge < -0.3 is 23.7 Å². The number of fused-ring (bicyclic) bond motifs is 1. The van der Waals surface area contributed by atoms with Crippen molar-refractivity contribution in [3.8, 4) is 28.4 Å². The summed E-state index contributed by atoms with van der Waals surface area (Å²) in [6.45, 7) is 7.03. The van der Waals surface area contributed by atoms with Crippen molar-refractivity contribution in [1.82, 2.24) is 0 Å². The minimum absolute atomic E-state index is 0.0423. The van der Waals surface area contributed by atoms with Gasteiger partial charge in [-0.2, -0.15) is 0 Å². The zero-order valence-electron chi connectivity index (χ0n) is 22.2. The second-order valence-corrected chi connectivity index (χ2v) is 10.1. The molecule has 1 heterocycles. The Bertz CT molecular complexity index is 1300. The number of ether oxygens (including phenoxy) is 5. The number of hydrogen-bond acceptors (Lipinski definition) is 6. The van der Waals surface area contributed by atoms with Crippen LogP contribution in [0.2, 0.25) is 0 Å².